The lowest BCUT2D eigenvalue weighted by molar-refractivity contribution is -0.139. The Kier molecular flexibility index (Phi) is 7.40. The highest BCUT2D eigenvalue weighted by molar-refractivity contribution is 5.82. The van der Waals surface area contributed by atoms with Crippen molar-refractivity contribution >= 4 is 12.0 Å². The number of aliphatic carboxylic acids is 1. The molecule has 15 heavy (non-hydrogen) atoms. The topological polar surface area (TPSA) is 78.4 Å². The predicted molar refractivity (Wildman–Crippen MR) is 57.8 cm³/mol. The SMILES string of the molecule is CCCCC(NC(=O)NCCC)C(=O)O. The molecule has 1 atom stereocenters. The number of amides is 2. The third-order valence-corrected chi connectivity index (χ3v) is 1.99. The Labute approximate surface area is 90.2 Å². The van der Waals surface area contributed by atoms with Gasteiger partial charge in [-0.3, -0.25) is 0 Å². The molecule has 1 unspecified atom stereocenters. The van der Waals surface area contributed by atoms with Crippen LogP contribution in [-0.2, 0) is 4.79 Å². The molecule has 0 spiro atoms. The minimum absolute atomic E-state index is 0.402. The summed E-state index contributed by atoms with van der Waals surface area (Å²) in [5, 5.41) is 13.8. The van der Waals surface area contributed by atoms with E-state index in [2.05, 4.69) is 10.6 Å². The van der Waals surface area contributed by atoms with Crippen molar-refractivity contribution in [1.82, 2.24) is 10.6 Å². The van der Waals surface area contributed by atoms with Gasteiger partial charge >= 0.3 is 12.0 Å². The van der Waals surface area contributed by atoms with Gasteiger partial charge in [-0.05, 0) is 12.8 Å². The molecule has 5 heteroatoms. The summed E-state index contributed by atoms with van der Waals surface area (Å²) in [5.41, 5.74) is 0. The summed E-state index contributed by atoms with van der Waals surface area (Å²) >= 11 is 0. The van der Waals surface area contributed by atoms with Crippen molar-refractivity contribution in [2.75, 3.05) is 6.54 Å². The van der Waals surface area contributed by atoms with E-state index in [9.17, 15) is 9.59 Å². The van der Waals surface area contributed by atoms with Crippen LogP contribution < -0.4 is 10.6 Å². The predicted octanol–water partition coefficient (Wildman–Crippen LogP) is 1.34. The summed E-state index contributed by atoms with van der Waals surface area (Å²) in [6, 6.07) is -1.18. The highest BCUT2D eigenvalue weighted by Crippen LogP contribution is 2.00. The number of carboxylic acid groups (broad SMARTS) is 1. The summed E-state index contributed by atoms with van der Waals surface area (Å²) in [7, 11) is 0. The Morgan fingerprint density at radius 3 is 2.40 bits per heavy atom. The molecular weight excluding hydrogens is 196 g/mol. The summed E-state index contributed by atoms with van der Waals surface area (Å²) in [6.45, 7) is 4.48. The van der Waals surface area contributed by atoms with Gasteiger partial charge in [0.2, 0.25) is 0 Å². The molecule has 0 aromatic carbocycles. The number of carboxylic acids is 1. The van der Waals surface area contributed by atoms with Gasteiger partial charge in [0.15, 0.2) is 0 Å². The Bertz CT molecular complexity index is 207. The van der Waals surface area contributed by atoms with E-state index in [4.69, 9.17) is 5.11 Å². The van der Waals surface area contributed by atoms with Crippen LogP contribution in [0.1, 0.15) is 39.5 Å². The van der Waals surface area contributed by atoms with Gasteiger partial charge < -0.3 is 15.7 Å². The van der Waals surface area contributed by atoms with Crippen LogP contribution in [-0.4, -0.2) is 29.7 Å². The fourth-order valence-electron chi connectivity index (χ4n) is 1.11. The fraction of sp³-hybridized carbons (Fsp3) is 0.800. The summed E-state index contributed by atoms with van der Waals surface area (Å²) in [6.07, 6.45) is 3.03. The average molecular weight is 216 g/mol. The molecule has 0 radical (unpaired) electrons. The molecule has 0 aromatic rings. The normalized spacial score (nSPS) is 11.9. The molecule has 0 aliphatic rings. The summed E-state index contributed by atoms with van der Waals surface area (Å²) < 4.78 is 0. The first kappa shape index (κ1) is 13.7. The molecule has 0 bridgehead atoms. The second-order valence-electron chi connectivity index (χ2n) is 3.43. The monoisotopic (exact) mass is 216 g/mol. The largest absolute Gasteiger partial charge is 0.480 e. The van der Waals surface area contributed by atoms with Crippen LogP contribution in [0.2, 0.25) is 0 Å². The van der Waals surface area contributed by atoms with E-state index < -0.39 is 18.0 Å². The zero-order valence-corrected chi connectivity index (χ0v) is 9.38. The lowest BCUT2D eigenvalue weighted by Crippen LogP contribution is -2.46. The quantitative estimate of drug-likeness (QED) is 0.601. The van der Waals surface area contributed by atoms with E-state index >= 15 is 0 Å². The molecule has 0 saturated heterocycles. The molecular formula is C10H20N2O3. The van der Waals surface area contributed by atoms with Crippen molar-refractivity contribution in [2.45, 2.75) is 45.6 Å². The number of urea groups is 1. The lowest BCUT2D eigenvalue weighted by atomic mass is 10.1. The van der Waals surface area contributed by atoms with E-state index in [1.807, 2.05) is 13.8 Å². The van der Waals surface area contributed by atoms with Crippen molar-refractivity contribution < 1.29 is 14.7 Å². The third kappa shape index (κ3) is 6.76. The summed E-state index contributed by atoms with van der Waals surface area (Å²) in [4.78, 5) is 22.0. The molecule has 2 amide bonds. The summed E-state index contributed by atoms with van der Waals surface area (Å²) in [5.74, 6) is -0.977. The van der Waals surface area contributed by atoms with E-state index in [1.54, 1.807) is 0 Å². The van der Waals surface area contributed by atoms with E-state index in [1.165, 1.54) is 0 Å². The van der Waals surface area contributed by atoms with Crippen molar-refractivity contribution in [3.8, 4) is 0 Å². The first-order valence-corrected chi connectivity index (χ1v) is 5.39. The molecule has 0 rings (SSSR count). The van der Waals surface area contributed by atoms with Gasteiger partial charge in [-0.2, -0.15) is 0 Å². The van der Waals surface area contributed by atoms with Gasteiger partial charge in [-0.25, -0.2) is 9.59 Å². The fourth-order valence-corrected chi connectivity index (χ4v) is 1.11. The Morgan fingerprint density at radius 2 is 1.93 bits per heavy atom. The molecule has 3 N–H and O–H groups in total. The van der Waals surface area contributed by atoms with Gasteiger partial charge in [0.05, 0.1) is 0 Å². The van der Waals surface area contributed by atoms with Crippen molar-refractivity contribution in [1.29, 1.82) is 0 Å². The van der Waals surface area contributed by atoms with Crippen molar-refractivity contribution in [2.24, 2.45) is 0 Å². The van der Waals surface area contributed by atoms with E-state index in [-0.39, 0.29) is 0 Å². The zero-order valence-electron chi connectivity index (χ0n) is 9.38. The maximum atomic E-state index is 11.2. The first-order chi connectivity index (χ1) is 7.11. The van der Waals surface area contributed by atoms with Crippen LogP contribution in [0.3, 0.4) is 0 Å². The van der Waals surface area contributed by atoms with Gasteiger partial charge in [-0.1, -0.05) is 26.7 Å². The number of unbranched alkanes of at least 4 members (excludes halogenated alkanes) is 1. The molecule has 0 aliphatic carbocycles. The highest BCUT2D eigenvalue weighted by atomic mass is 16.4. The van der Waals surface area contributed by atoms with Crippen molar-refractivity contribution in [3.63, 3.8) is 0 Å². The Hall–Kier alpha value is -1.26. The molecule has 88 valence electrons. The zero-order chi connectivity index (χ0) is 11.7. The van der Waals surface area contributed by atoms with Crippen LogP contribution in [0.25, 0.3) is 0 Å². The molecule has 0 saturated carbocycles. The number of hydrogen-bond acceptors (Lipinski definition) is 2. The molecule has 0 aliphatic heterocycles. The van der Waals surface area contributed by atoms with Crippen LogP contribution in [0, 0.1) is 0 Å². The maximum absolute atomic E-state index is 11.2. The van der Waals surface area contributed by atoms with Gasteiger partial charge in [0.1, 0.15) is 6.04 Å². The average Bonchev–Trinajstić information content (AvgIpc) is 2.20. The van der Waals surface area contributed by atoms with Gasteiger partial charge in [0, 0.05) is 6.54 Å². The van der Waals surface area contributed by atoms with Gasteiger partial charge in [-0.15, -0.1) is 0 Å². The standard InChI is InChI=1S/C10H20N2O3/c1-3-5-6-8(9(13)14)12-10(15)11-7-4-2/h8H,3-7H2,1-2H3,(H,13,14)(H2,11,12,15). The molecule has 5 nitrogen and oxygen atoms in total. The van der Waals surface area contributed by atoms with Crippen LogP contribution in [0.5, 0.6) is 0 Å². The second-order valence-corrected chi connectivity index (χ2v) is 3.43. The Balaban J connectivity index is 3.93. The van der Waals surface area contributed by atoms with Gasteiger partial charge in [0.25, 0.3) is 0 Å². The number of carbonyl (C=O) groups excluding carboxylic acids is 1. The third-order valence-electron chi connectivity index (χ3n) is 1.99. The van der Waals surface area contributed by atoms with E-state index in [0.29, 0.717) is 13.0 Å². The Morgan fingerprint density at radius 1 is 1.27 bits per heavy atom. The maximum Gasteiger partial charge on any atom is 0.326 e. The number of hydrogen-bond donors (Lipinski definition) is 3. The smallest absolute Gasteiger partial charge is 0.326 e. The minimum Gasteiger partial charge on any atom is -0.480 e. The lowest BCUT2D eigenvalue weighted by Gasteiger charge is -2.14. The number of carbonyl (C=O) groups is 2. The highest BCUT2D eigenvalue weighted by Gasteiger charge is 2.18. The van der Waals surface area contributed by atoms with Crippen LogP contribution in [0.4, 0.5) is 4.79 Å². The van der Waals surface area contributed by atoms with Crippen LogP contribution in [0.15, 0.2) is 0 Å². The van der Waals surface area contributed by atoms with E-state index in [0.717, 1.165) is 19.3 Å². The van der Waals surface area contributed by atoms with Crippen molar-refractivity contribution in [3.05, 3.63) is 0 Å². The second kappa shape index (κ2) is 8.08. The molecule has 0 fully saturated rings. The number of nitrogens with one attached hydrogen (secondary N) is 2. The van der Waals surface area contributed by atoms with Crippen LogP contribution >= 0.6 is 0 Å². The molecule has 0 aromatic heterocycles. The minimum atomic E-state index is -0.977. The first-order valence-electron chi connectivity index (χ1n) is 5.39. The number of rotatable bonds is 7. The molecule has 0 heterocycles.